The van der Waals surface area contributed by atoms with Gasteiger partial charge in [-0.25, -0.2) is 0 Å². The van der Waals surface area contributed by atoms with Crippen molar-refractivity contribution in [2.24, 2.45) is 4.99 Å². The van der Waals surface area contributed by atoms with Crippen molar-refractivity contribution in [1.29, 1.82) is 0 Å². The SMILES string of the molecule is CN=C(NCCCOCc1ccc(OC)cc1)NCc1cccc(C)c1. The van der Waals surface area contributed by atoms with Gasteiger partial charge >= 0.3 is 0 Å². The summed E-state index contributed by atoms with van der Waals surface area (Å²) in [5, 5.41) is 6.64. The summed E-state index contributed by atoms with van der Waals surface area (Å²) in [6.07, 6.45) is 0.918. The normalized spacial score (nSPS) is 11.3. The Bertz CT molecular complexity index is 684. The number of hydrogen-bond acceptors (Lipinski definition) is 3. The van der Waals surface area contributed by atoms with Gasteiger partial charge in [0.1, 0.15) is 5.75 Å². The molecule has 2 aromatic carbocycles. The lowest BCUT2D eigenvalue weighted by Gasteiger charge is -2.12. The lowest BCUT2D eigenvalue weighted by molar-refractivity contribution is 0.119. The number of aliphatic imine (C=N–C) groups is 1. The van der Waals surface area contributed by atoms with Crippen molar-refractivity contribution < 1.29 is 9.47 Å². The van der Waals surface area contributed by atoms with Crippen LogP contribution in [0.2, 0.25) is 0 Å². The fraction of sp³-hybridized carbons (Fsp3) is 0.381. The van der Waals surface area contributed by atoms with E-state index in [9.17, 15) is 0 Å². The number of rotatable bonds is 9. The Hall–Kier alpha value is -2.53. The molecule has 0 saturated carbocycles. The molecule has 0 fully saturated rings. The molecule has 0 unspecified atom stereocenters. The molecule has 26 heavy (non-hydrogen) atoms. The van der Waals surface area contributed by atoms with E-state index >= 15 is 0 Å². The number of aryl methyl sites for hydroxylation is 1. The van der Waals surface area contributed by atoms with E-state index in [0.717, 1.165) is 36.8 Å². The topological polar surface area (TPSA) is 54.9 Å². The quantitative estimate of drug-likeness (QED) is 0.412. The summed E-state index contributed by atoms with van der Waals surface area (Å²) >= 11 is 0. The van der Waals surface area contributed by atoms with E-state index in [1.165, 1.54) is 11.1 Å². The average molecular weight is 355 g/mol. The predicted molar refractivity (Wildman–Crippen MR) is 107 cm³/mol. The van der Waals surface area contributed by atoms with E-state index in [1.807, 2.05) is 24.3 Å². The molecular formula is C21H29N3O2. The third kappa shape index (κ3) is 7.15. The second-order valence-electron chi connectivity index (χ2n) is 6.10. The van der Waals surface area contributed by atoms with Gasteiger partial charge in [0.05, 0.1) is 13.7 Å². The van der Waals surface area contributed by atoms with Crippen molar-refractivity contribution in [2.75, 3.05) is 27.3 Å². The van der Waals surface area contributed by atoms with Crippen LogP contribution in [-0.2, 0) is 17.9 Å². The van der Waals surface area contributed by atoms with Gasteiger partial charge in [-0.2, -0.15) is 0 Å². The summed E-state index contributed by atoms with van der Waals surface area (Å²) in [6.45, 7) is 4.99. The van der Waals surface area contributed by atoms with Crippen LogP contribution >= 0.6 is 0 Å². The summed E-state index contributed by atoms with van der Waals surface area (Å²) in [5.41, 5.74) is 3.66. The molecule has 140 valence electrons. The van der Waals surface area contributed by atoms with Crippen molar-refractivity contribution in [2.45, 2.75) is 26.5 Å². The van der Waals surface area contributed by atoms with Gasteiger partial charge in [0.15, 0.2) is 5.96 Å². The Kier molecular flexibility index (Phi) is 8.49. The lowest BCUT2D eigenvalue weighted by atomic mass is 10.1. The Morgan fingerprint density at radius 3 is 2.54 bits per heavy atom. The molecule has 2 rings (SSSR count). The molecule has 0 spiro atoms. The van der Waals surface area contributed by atoms with Crippen LogP contribution in [0.15, 0.2) is 53.5 Å². The largest absolute Gasteiger partial charge is 0.497 e. The molecule has 0 saturated heterocycles. The number of methoxy groups -OCH3 is 1. The Morgan fingerprint density at radius 2 is 1.85 bits per heavy atom. The Morgan fingerprint density at radius 1 is 1.04 bits per heavy atom. The first-order valence-electron chi connectivity index (χ1n) is 8.92. The molecule has 2 N–H and O–H groups in total. The number of nitrogens with zero attached hydrogens (tertiary/aromatic N) is 1. The molecule has 0 atom stereocenters. The first-order valence-corrected chi connectivity index (χ1v) is 8.92. The van der Waals surface area contributed by atoms with E-state index in [2.05, 4.69) is 46.8 Å². The zero-order chi connectivity index (χ0) is 18.6. The van der Waals surface area contributed by atoms with Gasteiger partial charge in [-0.1, -0.05) is 42.0 Å². The van der Waals surface area contributed by atoms with Crippen LogP contribution in [0.3, 0.4) is 0 Å². The van der Waals surface area contributed by atoms with E-state index in [4.69, 9.17) is 9.47 Å². The number of hydrogen-bond donors (Lipinski definition) is 2. The highest BCUT2D eigenvalue weighted by Crippen LogP contribution is 2.11. The summed E-state index contributed by atoms with van der Waals surface area (Å²) in [6, 6.07) is 16.4. The van der Waals surface area contributed by atoms with Gasteiger partial charge in [-0.05, 0) is 36.6 Å². The van der Waals surface area contributed by atoms with Crippen LogP contribution in [0.25, 0.3) is 0 Å². The van der Waals surface area contributed by atoms with Gasteiger partial charge in [-0.15, -0.1) is 0 Å². The first kappa shape index (κ1) is 19.8. The van der Waals surface area contributed by atoms with Gasteiger partial charge in [0.2, 0.25) is 0 Å². The summed E-state index contributed by atoms with van der Waals surface area (Å²) in [4.78, 5) is 4.25. The van der Waals surface area contributed by atoms with Crippen LogP contribution in [-0.4, -0.2) is 33.3 Å². The van der Waals surface area contributed by atoms with Crippen LogP contribution in [0.5, 0.6) is 5.75 Å². The molecule has 0 aromatic heterocycles. The molecule has 5 heteroatoms. The molecule has 0 bridgehead atoms. The predicted octanol–water partition coefficient (Wildman–Crippen LogP) is 3.28. The van der Waals surface area contributed by atoms with E-state index in [1.54, 1.807) is 14.2 Å². The van der Waals surface area contributed by atoms with Crippen LogP contribution in [0.1, 0.15) is 23.1 Å². The van der Waals surface area contributed by atoms with Crippen molar-refractivity contribution >= 4 is 5.96 Å². The first-order chi connectivity index (χ1) is 12.7. The molecule has 0 aliphatic heterocycles. The fourth-order valence-corrected chi connectivity index (χ4v) is 2.52. The van der Waals surface area contributed by atoms with Crippen molar-refractivity contribution in [3.63, 3.8) is 0 Å². The van der Waals surface area contributed by atoms with E-state index in [-0.39, 0.29) is 0 Å². The number of benzene rings is 2. The van der Waals surface area contributed by atoms with Crippen LogP contribution in [0.4, 0.5) is 0 Å². The minimum absolute atomic E-state index is 0.615. The minimum Gasteiger partial charge on any atom is -0.497 e. The van der Waals surface area contributed by atoms with Crippen LogP contribution in [0, 0.1) is 6.92 Å². The standard InChI is InChI=1S/C21H29N3O2/c1-17-6-4-7-19(14-17)15-24-21(22-2)23-12-5-13-26-16-18-8-10-20(25-3)11-9-18/h4,6-11,14H,5,12-13,15-16H2,1-3H3,(H2,22,23,24). The van der Waals surface area contributed by atoms with E-state index in [0.29, 0.717) is 13.2 Å². The van der Waals surface area contributed by atoms with Crippen molar-refractivity contribution in [3.8, 4) is 5.75 Å². The third-order valence-corrected chi connectivity index (χ3v) is 3.95. The number of ether oxygens (including phenoxy) is 2. The molecule has 0 radical (unpaired) electrons. The monoisotopic (exact) mass is 355 g/mol. The fourth-order valence-electron chi connectivity index (χ4n) is 2.52. The smallest absolute Gasteiger partial charge is 0.191 e. The van der Waals surface area contributed by atoms with Crippen molar-refractivity contribution in [3.05, 3.63) is 65.2 Å². The summed E-state index contributed by atoms with van der Waals surface area (Å²) < 4.78 is 10.9. The Balaban J connectivity index is 1.58. The van der Waals surface area contributed by atoms with Gasteiger partial charge < -0.3 is 20.1 Å². The van der Waals surface area contributed by atoms with Gasteiger partial charge in [-0.3, -0.25) is 4.99 Å². The van der Waals surface area contributed by atoms with Crippen molar-refractivity contribution in [1.82, 2.24) is 10.6 Å². The highest BCUT2D eigenvalue weighted by atomic mass is 16.5. The average Bonchev–Trinajstić information content (AvgIpc) is 2.67. The highest BCUT2D eigenvalue weighted by molar-refractivity contribution is 5.79. The summed E-state index contributed by atoms with van der Waals surface area (Å²) in [5.74, 6) is 1.67. The van der Waals surface area contributed by atoms with Gasteiger partial charge in [0, 0.05) is 26.7 Å². The molecule has 0 aliphatic carbocycles. The molecule has 0 aliphatic rings. The molecule has 0 amide bonds. The molecule has 2 aromatic rings. The zero-order valence-electron chi connectivity index (χ0n) is 15.9. The lowest BCUT2D eigenvalue weighted by Crippen LogP contribution is -2.37. The maximum Gasteiger partial charge on any atom is 0.191 e. The number of nitrogens with one attached hydrogen (secondary N) is 2. The Labute approximate surface area is 156 Å². The maximum atomic E-state index is 5.71. The number of guanidine groups is 1. The second kappa shape index (κ2) is 11.2. The molecular weight excluding hydrogens is 326 g/mol. The van der Waals surface area contributed by atoms with E-state index < -0.39 is 0 Å². The third-order valence-electron chi connectivity index (χ3n) is 3.95. The molecule has 0 heterocycles. The van der Waals surface area contributed by atoms with Gasteiger partial charge in [0.25, 0.3) is 0 Å². The zero-order valence-corrected chi connectivity index (χ0v) is 15.9. The highest BCUT2D eigenvalue weighted by Gasteiger charge is 1.99. The molecule has 5 nitrogen and oxygen atoms in total. The summed E-state index contributed by atoms with van der Waals surface area (Å²) in [7, 11) is 3.45. The minimum atomic E-state index is 0.615. The second-order valence-corrected chi connectivity index (χ2v) is 6.10. The van der Waals surface area contributed by atoms with Crippen LogP contribution < -0.4 is 15.4 Å². The maximum absolute atomic E-state index is 5.71.